The van der Waals surface area contributed by atoms with Crippen LogP contribution in [0.15, 0.2) is 66.2 Å². The number of hydrogen-bond acceptors (Lipinski definition) is 6. The lowest BCUT2D eigenvalue weighted by Gasteiger charge is -2.04. The van der Waals surface area contributed by atoms with E-state index in [4.69, 9.17) is 0 Å². The van der Waals surface area contributed by atoms with Crippen molar-refractivity contribution in [2.24, 2.45) is 0 Å². The molecule has 27 heavy (non-hydrogen) atoms. The van der Waals surface area contributed by atoms with Crippen molar-refractivity contribution in [3.05, 3.63) is 66.2 Å². The molecule has 0 amide bonds. The molecule has 0 unspecified atom stereocenters. The fraction of sp³-hybridized carbons (Fsp3) is 0.0526. The molecule has 0 saturated carbocycles. The number of rotatable bonds is 5. The van der Waals surface area contributed by atoms with Crippen molar-refractivity contribution < 1.29 is 8.42 Å². The third-order valence-corrected chi connectivity index (χ3v) is 5.22. The number of nitrogens with zero attached hydrogens (tertiary/aromatic N) is 2. The Labute approximate surface area is 161 Å². The fourth-order valence-electron chi connectivity index (χ4n) is 2.65. The summed E-state index contributed by atoms with van der Waals surface area (Å²) in [6, 6.07) is 17.1. The Bertz CT molecular complexity index is 1200. The van der Waals surface area contributed by atoms with E-state index in [2.05, 4.69) is 20.0 Å². The van der Waals surface area contributed by atoms with Crippen molar-refractivity contribution in [2.75, 3.05) is 16.3 Å². The zero-order chi connectivity index (χ0) is 18.9. The summed E-state index contributed by atoms with van der Waals surface area (Å²) < 4.78 is 25.0. The lowest BCUT2D eigenvalue weighted by molar-refractivity contribution is 0.607. The molecule has 0 radical (unpaired) electrons. The molecule has 4 aromatic rings. The molecular formula is C19H16N4O2S2. The first-order valence-corrected chi connectivity index (χ1v) is 10.9. The largest absolute Gasteiger partial charge is 0.316 e. The zero-order valence-electron chi connectivity index (χ0n) is 14.4. The van der Waals surface area contributed by atoms with E-state index < -0.39 is 10.0 Å². The lowest BCUT2D eigenvalue weighted by Crippen LogP contribution is -2.09. The normalized spacial score (nSPS) is 11.4. The molecule has 2 aromatic carbocycles. The maximum absolute atomic E-state index is 11.3. The van der Waals surface area contributed by atoms with Gasteiger partial charge in [0.15, 0.2) is 5.13 Å². The van der Waals surface area contributed by atoms with Gasteiger partial charge >= 0.3 is 0 Å². The van der Waals surface area contributed by atoms with Crippen LogP contribution in [0.25, 0.3) is 22.0 Å². The Morgan fingerprint density at radius 1 is 1.00 bits per heavy atom. The Hall–Kier alpha value is -2.97. The number of thiazole rings is 1. The second-order valence-corrected chi connectivity index (χ2v) is 8.64. The van der Waals surface area contributed by atoms with Crippen LogP contribution in [0.1, 0.15) is 0 Å². The van der Waals surface area contributed by atoms with Gasteiger partial charge in [0.2, 0.25) is 10.0 Å². The minimum atomic E-state index is -3.28. The number of fused-ring (bicyclic) bond motifs is 1. The van der Waals surface area contributed by atoms with Crippen LogP contribution < -0.4 is 10.0 Å². The summed E-state index contributed by atoms with van der Waals surface area (Å²) >= 11 is 1.49. The molecule has 2 aromatic heterocycles. The molecule has 136 valence electrons. The fourth-order valence-corrected chi connectivity index (χ4v) is 3.94. The Balaban J connectivity index is 1.52. The number of pyridine rings is 1. The molecule has 0 fully saturated rings. The summed E-state index contributed by atoms with van der Waals surface area (Å²) in [5, 5.41) is 8.12. The quantitative estimate of drug-likeness (QED) is 0.520. The Morgan fingerprint density at radius 2 is 1.74 bits per heavy atom. The number of nitrogens with one attached hydrogen (secondary N) is 2. The average Bonchev–Trinajstić information content (AvgIpc) is 3.09. The summed E-state index contributed by atoms with van der Waals surface area (Å²) in [5.41, 5.74) is 2.24. The SMILES string of the molecule is CS(=O)(=O)Nc1ccc(-c2csc(Nc3cc4ccccc4cn3)n2)cc1. The van der Waals surface area contributed by atoms with Gasteiger partial charge in [0, 0.05) is 28.2 Å². The van der Waals surface area contributed by atoms with Crippen LogP contribution in [0.2, 0.25) is 0 Å². The predicted molar refractivity (Wildman–Crippen MR) is 111 cm³/mol. The highest BCUT2D eigenvalue weighted by Gasteiger charge is 2.07. The molecule has 0 aliphatic rings. The summed E-state index contributed by atoms with van der Waals surface area (Å²) in [6.45, 7) is 0. The zero-order valence-corrected chi connectivity index (χ0v) is 16.0. The molecule has 8 heteroatoms. The van der Waals surface area contributed by atoms with Crippen molar-refractivity contribution in [1.82, 2.24) is 9.97 Å². The van der Waals surface area contributed by atoms with E-state index in [1.54, 1.807) is 12.1 Å². The summed E-state index contributed by atoms with van der Waals surface area (Å²) in [6.07, 6.45) is 2.96. The average molecular weight is 396 g/mol. The first-order valence-electron chi connectivity index (χ1n) is 8.12. The van der Waals surface area contributed by atoms with E-state index in [0.717, 1.165) is 39.2 Å². The van der Waals surface area contributed by atoms with Crippen LogP contribution in [-0.2, 0) is 10.0 Å². The molecule has 0 aliphatic heterocycles. The van der Waals surface area contributed by atoms with E-state index in [-0.39, 0.29) is 0 Å². The first-order chi connectivity index (χ1) is 13.0. The first kappa shape index (κ1) is 17.4. The van der Waals surface area contributed by atoms with Gasteiger partial charge in [-0.3, -0.25) is 4.72 Å². The van der Waals surface area contributed by atoms with E-state index in [0.29, 0.717) is 5.69 Å². The highest BCUT2D eigenvalue weighted by atomic mass is 32.2. The van der Waals surface area contributed by atoms with Gasteiger partial charge in [-0.25, -0.2) is 18.4 Å². The number of benzene rings is 2. The molecule has 2 heterocycles. The topological polar surface area (TPSA) is 84.0 Å². The third-order valence-electron chi connectivity index (χ3n) is 3.85. The van der Waals surface area contributed by atoms with Gasteiger partial charge in [-0.2, -0.15) is 0 Å². The maximum Gasteiger partial charge on any atom is 0.229 e. The van der Waals surface area contributed by atoms with Gasteiger partial charge in [-0.1, -0.05) is 36.4 Å². The van der Waals surface area contributed by atoms with Gasteiger partial charge in [-0.05, 0) is 23.6 Å². The van der Waals surface area contributed by atoms with Gasteiger partial charge in [-0.15, -0.1) is 11.3 Å². The third kappa shape index (κ3) is 4.24. The molecule has 0 spiro atoms. The van der Waals surface area contributed by atoms with Crippen LogP contribution in [0.4, 0.5) is 16.6 Å². The van der Waals surface area contributed by atoms with E-state index in [1.807, 2.05) is 54.0 Å². The molecular weight excluding hydrogens is 380 g/mol. The summed E-state index contributed by atoms with van der Waals surface area (Å²) in [4.78, 5) is 9.01. The smallest absolute Gasteiger partial charge is 0.229 e. The van der Waals surface area contributed by atoms with E-state index >= 15 is 0 Å². The van der Waals surface area contributed by atoms with E-state index in [9.17, 15) is 8.42 Å². The standard InChI is InChI=1S/C19H16N4O2S2/c1-27(24,25)23-16-8-6-13(7-9-16)17-12-26-19(21-17)22-18-10-14-4-2-3-5-15(14)11-20-18/h2-12,23H,1H3,(H,20,21,22). The molecule has 4 rings (SSSR count). The van der Waals surface area contributed by atoms with Gasteiger partial charge < -0.3 is 5.32 Å². The Morgan fingerprint density at radius 3 is 2.48 bits per heavy atom. The molecule has 0 saturated heterocycles. The number of aromatic nitrogens is 2. The molecule has 0 aliphatic carbocycles. The minimum absolute atomic E-state index is 0.523. The maximum atomic E-state index is 11.3. The van der Waals surface area contributed by atoms with Crippen LogP contribution in [0, 0.1) is 0 Å². The van der Waals surface area contributed by atoms with Crippen molar-refractivity contribution in [2.45, 2.75) is 0 Å². The van der Waals surface area contributed by atoms with Crippen LogP contribution in [-0.4, -0.2) is 24.6 Å². The van der Waals surface area contributed by atoms with Crippen molar-refractivity contribution in [3.63, 3.8) is 0 Å². The Kier molecular flexibility index (Phi) is 4.51. The van der Waals surface area contributed by atoms with Crippen LogP contribution in [0.5, 0.6) is 0 Å². The summed E-state index contributed by atoms with van der Waals surface area (Å²) in [7, 11) is -3.28. The second-order valence-electron chi connectivity index (χ2n) is 6.03. The number of hydrogen-bond donors (Lipinski definition) is 2. The van der Waals surface area contributed by atoms with Crippen LogP contribution in [0.3, 0.4) is 0 Å². The molecule has 6 nitrogen and oxygen atoms in total. The predicted octanol–water partition coefficient (Wildman–Crippen LogP) is 4.47. The number of sulfonamides is 1. The molecule has 0 atom stereocenters. The van der Waals surface area contributed by atoms with Gasteiger partial charge in [0.25, 0.3) is 0 Å². The monoisotopic (exact) mass is 396 g/mol. The van der Waals surface area contributed by atoms with Crippen LogP contribution >= 0.6 is 11.3 Å². The van der Waals surface area contributed by atoms with Crippen molar-refractivity contribution in [1.29, 1.82) is 0 Å². The highest BCUT2D eigenvalue weighted by molar-refractivity contribution is 7.92. The van der Waals surface area contributed by atoms with Crippen molar-refractivity contribution >= 4 is 48.8 Å². The molecule has 0 bridgehead atoms. The lowest BCUT2D eigenvalue weighted by atomic mass is 10.1. The van der Waals surface area contributed by atoms with Crippen molar-refractivity contribution in [3.8, 4) is 11.3 Å². The molecule has 2 N–H and O–H groups in total. The van der Waals surface area contributed by atoms with Gasteiger partial charge in [0.05, 0.1) is 11.9 Å². The number of anilines is 3. The highest BCUT2D eigenvalue weighted by Crippen LogP contribution is 2.28. The second kappa shape index (κ2) is 6.98. The van der Waals surface area contributed by atoms with Gasteiger partial charge in [0.1, 0.15) is 5.82 Å². The van der Waals surface area contributed by atoms with E-state index in [1.165, 1.54) is 11.3 Å². The summed E-state index contributed by atoms with van der Waals surface area (Å²) in [5.74, 6) is 0.738. The minimum Gasteiger partial charge on any atom is -0.316 e.